The number of rotatable bonds is 4. The lowest BCUT2D eigenvalue weighted by Crippen LogP contribution is -2.58. The molecule has 2 aliphatic rings. The van der Waals surface area contributed by atoms with E-state index < -0.39 is 35.6 Å². The van der Waals surface area contributed by atoms with Gasteiger partial charge in [-0.25, -0.2) is 23.0 Å². The number of urea groups is 1. The van der Waals surface area contributed by atoms with Crippen LogP contribution in [0.2, 0.25) is 0 Å². The van der Waals surface area contributed by atoms with Crippen LogP contribution in [-0.2, 0) is 7.05 Å². The van der Waals surface area contributed by atoms with Crippen molar-refractivity contribution in [3.63, 3.8) is 0 Å². The summed E-state index contributed by atoms with van der Waals surface area (Å²) in [6.07, 6.45) is 2.49. The number of anilines is 1. The molecule has 2 amide bonds. The summed E-state index contributed by atoms with van der Waals surface area (Å²) in [6.45, 7) is 2.19. The van der Waals surface area contributed by atoms with Gasteiger partial charge in [-0.05, 0) is 24.6 Å². The molecule has 12 heteroatoms. The average molecular weight is 485 g/mol. The third kappa shape index (κ3) is 4.15. The predicted octanol–water partition coefficient (Wildman–Crippen LogP) is 3.41. The van der Waals surface area contributed by atoms with Gasteiger partial charge in [0.2, 0.25) is 0 Å². The molecule has 5 rings (SSSR count). The number of likely N-dealkylation sites (tertiary alicyclic amines) is 1. The fourth-order valence-corrected chi connectivity index (χ4v) is 4.28. The second-order valence-corrected chi connectivity index (χ2v) is 8.51. The van der Waals surface area contributed by atoms with Crippen molar-refractivity contribution in [2.45, 2.75) is 25.5 Å². The first-order valence-corrected chi connectivity index (χ1v) is 10.9. The molecule has 0 aliphatic carbocycles. The van der Waals surface area contributed by atoms with Crippen LogP contribution in [0.3, 0.4) is 0 Å². The number of nitrogens with two attached hydrogens (primary N) is 1. The monoisotopic (exact) mass is 485 g/mol. The fourth-order valence-electron chi connectivity index (χ4n) is 4.28. The zero-order valence-corrected chi connectivity index (χ0v) is 19.0. The van der Waals surface area contributed by atoms with Crippen molar-refractivity contribution in [2.75, 3.05) is 18.8 Å². The zero-order valence-electron chi connectivity index (χ0n) is 19.0. The second kappa shape index (κ2) is 8.60. The van der Waals surface area contributed by atoms with Crippen molar-refractivity contribution in [3.05, 3.63) is 59.0 Å². The van der Waals surface area contributed by atoms with Gasteiger partial charge in [-0.1, -0.05) is 0 Å². The van der Waals surface area contributed by atoms with Gasteiger partial charge in [0.15, 0.2) is 11.6 Å². The maximum Gasteiger partial charge on any atom is 0.341 e. The van der Waals surface area contributed by atoms with E-state index in [-0.39, 0.29) is 18.8 Å². The van der Waals surface area contributed by atoms with Crippen molar-refractivity contribution >= 4 is 18.1 Å². The third-order valence-corrected chi connectivity index (χ3v) is 6.09. The number of nitrogen functional groups attached to an aromatic ring is 1. The SMILES string of the molecule is Cc1c(N)nn(C)c1-c1cc(OC2CN(C(=O)N3N=CC[C@H]3c3cc(F)cc(F)c3)C2)c(F)cn1. The highest BCUT2D eigenvalue weighted by Crippen LogP contribution is 2.33. The van der Waals surface area contributed by atoms with Gasteiger partial charge in [-0.2, -0.15) is 10.2 Å². The van der Waals surface area contributed by atoms with Gasteiger partial charge in [-0.15, -0.1) is 0 Å². The summed E-state index contributed by atoms with van der Waals surface area (Å²) in [7, 11) is 1.71. The Labute approximate surface area is 198 Å². The van der Waals surface area contributed by atoms with E-state index in [1.165, 1.54) is 34.3 Å². The molecule has 0 spiro atoms. The summed E-state index contributed by atoms with van der Waals surface area (Å²) in [4.78, 5) is 18.6. The molecule has 35 heavy (non-hydrogen) atoms. The lowest BCUT2D eigenvalue weighted by molar-refractivity contribution is 0.0256. The standard InChI is InChI=1S/C23H22F3N7O2/c1-12-21(31(2)30-22(12)27)18-8-20(17(26)9-28-18)35-16-10-32(11-16)23(34)33-19(3-4-29-33)13-5-14(24)7-15(25)6-13/h4-9,16,19H,3,10-11H2,1-2H3,(H2,27,30)/t19-/m0/s1. The van der Waals surface area contributed by atoms with Crippen molar-refractivity contribution in [3.8, 4) is 17.1 Å². The minimum absolute atomic E-state index is 0.00132. The van der Waals surface area contributed by atoms with E-state index in [1.807, 2.05) is 0 Å². The molecule has 1 atom stereocenters. The number of carbonyl (C=O) groups excluding carboxylic acids is 1. The Balaban J connectivity index is 1.26. The molecule has 2 aromatic heterocycles. The summed E-state index contributed by atoms with van der Waals surface area (Å²) in [5.41, 5.74) is 8.00. The molecule has 1 saturated heterocycles. The number of hydrogen-bond acceptors (Lipinski definition) is 6. The molecule has 9 nitrogen and oxygen atoms in total. The number of aromatic nitrogens is 3. The number of ether oxygens (including phenoxy) is 1. The minimum Gasteiger partial charge on any atom is -0.483 e. The first kappa shape index (κ1) is 22.7. The maximum absolute atomic E-state index is 14.4. The molecule has 0 radical (unpaired) electrons. The van der Waals surface area contributed by atoms with Gasteiger partial charge in [-0.3, -0.25) is 9.67 Å². The molecule has 0 saturated carbocycles. The number of benzene rings is 1. The summed E-state index contributed by atoms with van der Waals surface area (Å²) >= 11 is 0. The lowest BCUT2D eigenvalue weighted by Gasteiger charge is -2.41. The molecule has 182 valence electrons. The fraction of sp³-hybridized carbons (Fsp3) is 0.304. The molecule has 3 aromatic rings. The van der Waals surface area contributed by atoms with E-state index in [9.17, 15) is 18.0 Å². The van der Waals surface area contributed by atoms with Crippen LogP contribution in [0.4, 0.5) is 23.8 Å². The summed E-state index contributed by atoms with van der Waals surface area (Å²) < 4.78 is 49.1. The number of hydrogen-bond donors (Lipinski definition) is 1. The van der Waals surface area contributed by atoms with Crippen molar-refractivity contribution in [2.24, 2.45) is 12.1 Å². The maximum atomic E-state index is 14.4. The topological polar surface area (TPSA) is 102 Å². The van der Waals surface area contributed by atoms with Crippen LogP contribution >= 0.6 is 0 Å². The van der Waals surface area contributed by atoms with Crippen LogP contribution in [0.25, 0.3) is 11.4 Å². The van der Waals surface area contributed by atoms with Crippen LogP contribution in [0.1, 0.15) is 23.6 Å². The molecule has 0 bridgehead atoms. The van der Waals surface area contributed by atoms with E-state index >= 15 is 0 Å². The largest absolute Gasteiger partial charge is 0.483 e. The van der Waals surface area contributed by atoms with Crippen molar-refractivity contribution in [1.29, 1.82) is 0 Å². The number of aryl methyl sites for hydroxylation is 1. The van der Waals surface area contributed by atoms with Gasteiger partial charge in [0.05, 0.1) is 36.7 Å². The Kier molecular flexibility index (Phi) is 5.58. The van der Waals surface area contributed by atoms with E-state index in [0.717, 1.165) is 17.8 Å². The highest BCUT2D eigenvalue weighted by molar-refractivity contribution is 5.79. The number of carbonyl (C=O) groups is 1. The Morgan fingerprint density at radius 2 is 1.86 bits per heavy atom. The van der Waals surface area contributed by atoms with Crippen LogP contribution < -0.4 is 10.5 Å². The number of halogens is 3. The number of pyridine rings is 1. The number of amides is 2. The van der Waals surface area contributed by atoms with Crippen LogP contribution in [0, 0.1) is 24.4 Å². The molecule has 0 unspecified atom stereocenters. The molecule has 2 N–H and O–H groups in total. The van der Waals surface area contributed by atoms with E-state index in [2.05, 4.69) is 15.2 Å². The molecule has 1 aromatic carbocycles. The zero-order chi connectivity index (χ0) is 24.9. The molecular weight excluding hydrogens is 463 g/mol. The first-order valence-electron chi connectivity index (χ1n) is 10.9. The van der Waals surface area contributed by atoms with E-state index in [1.54, 1.807) is 18.7 Å². The average Bonchev–Trinajstić information content (AvgIpc) is 3.35. The summed E-state index contributed by atoms with van der Waals surface area (Å²) in [6, 6.07) is 3.59. The quantitative estimate of drug-likeness (QED) is 0.610. The van der Waals surface area contributed by atoms with Crippen molar-refractivity contribution in [1.82, 2.24) is 24.7 Å². The Morgan fingerprint density at radius 1 is 1.14 bits per heavy atom. The lowest BCUT2D eigenvalue weighted by atomic mass is 10.0. The number of hydrazone groups is 1. The highest BCUT2D eigenvalue weighted by Gasteiger charge is 2.39. The summed E-state index contributed by atoms with van der Waals surface area (Å²) in [5.74, 6) is -1.73. The molecule has 1 fully saturated rings. The van der Waals surface area contributed by atoms with Gasteiger partial charge in [0.25, 0.3) is 0 Å². The van der Waals surface area contributed by atoms with E-state index in [0.29, 0.717) is 29.2 Å². The first-order chi connectivity index (χ1) is 16.7. The van der Waals surface area contributed by atoms with Crippen LogP contribution in [0.15, 0.2) is 35.6 Å². The van der Waals surface area contributed by atoms with Gasteiger partial charge in [0, 0.05) is 37.4 Å². The Hall–Kier alpha value is -4.09. The normalized spacial score (nSPS) is 17.7. The number of nitrogens with zero attached hydrogens (tertiary/aromatic N) is 6. The van der Waals surface area contributed by atoms with Crippen LogP contribution in [-0.4, -0.2) is 56.1 Å². The van der Waals surface area contributed by atoms with Crippen molar-refractivity contribution < 1.29 is 22.7 Å². The van der Waals surface area contributed by atoms with Gasteiger partial charge >= 0.3 is 6.03 Å². The van der Waals surface area contributed by atoms with Gasteiger partial charge in [0.1, 0.15) is 23.6 Å². The Bertz CT molecular complexity index is 1320. The second-order valence-electron chi connectivity index (χ2n) is 8.51. The minimum atomic E-state index is -0.723. The highest BCUT2D eigenvalue weighted by atomic mass is 19.1. The molecular formula is C23H22F3N7O2. The summed E-state index contributed by atoms with van der Waals surface area (Å²) in [5, 5.41) is 9.44. The molecule has 2 aliphatic heterocycles. The predicted molar refractivity (Wildman–Crippen MR) is 121 cm³/mol. The van der Waals surface area contributed by atoms with Gasteiger partial charge < -0.3 is 15.4 Å². The smallest absolute Gasteiger partial charge is 0.341 e. The van der Waals surface area contributed by atoms with E-state index in [4.69, 9.17) is 10.5 Å². The van der Waals surface area contributed by atoms with Crippen LogP contribution in [0.5, 0.6) is 5.75 Å². The Morgan fingerprint density at radius 3 is 2.51 bits per heavy atom. The third-order valence-electron chi connectivity index (χ3n) is 6.09. The molecule has 4 heterocycles.